The van der Waals surface area contributed by atoms with Crippen molar-refractivity contribution in [2.75, 3.05) is 0 Å². The lowest BCUT2D eigenvalue weighted by molar-refractivity contribution is 0.239. The summed E-state index contributed by atoms with van der Waals surface area (Å²) in [6.07, 6.45) is 4.15. The summed E-state index contributed by atoms with van der Waals surface area (Å²) < 4.78 is 0. The highest BCUT2D eigenvalue weighted by Gasteiger charge is 2.18. The predicted molar refractivity (Wildman–Crippen MR) is 61.9 cm³/mol. The summed E-state index contributed by atoms with van der Waals surface area (Å²) >= 11 is 0. The van der Waals surface area contributed by atoms with E-state index >= 15 is 0 Å². The van der Waals surface area contributed by atoms with E-state index in [-0.39, 0.29) is 0 Å². The molecular weight excluding hydrogens is 156 g/mol. The van der Waals surface area contributed by atoms with E-state index in [1.54, 1.807) is 0 Å². The molecule has 0 aromatic rings. The Hall–Kier alpha value is 0. The highest BCUT2D eigenvalue weighted by Crippen LogP contribution is 2.28. The average Bonchev–Trinajstić information content (AvgIpc) is 2.01. The van der Waals surface area contributed by atoms with Crippen LogP contribution in [0.4, 0.5) is 0 Å². The summed E-state index contributed by atoms with van der Waals surface area (Å²) in [5.41, 5.74) is 0. The lowest BCUT2D eigenvalue weighted by Crippen LogP contribution is -2.17. The lowest BCUT2D eigenvalue weighted by atomic mass is 9.79. The number of rotatable bonds is 6. The molecule has 0 bridgehead atoms. The first-order valence-electron chi connectivity index (χ1n) is 5.99. The third kappa shape index (κ3) is 5.33. The highest BCUT2D eigenvalue weighted by molar-refractivity contribution is 4.68. The molecule has 0 spiro atoms. The molecular formula is C13H28. The molecule has 0 heteroatoms. The quantitative estimate of drug-likeness (QED) is 0.559. The molecule has 13 heavy (non-hydrogen) atoms. The zero-order chi connectivity index (χ0) is 10.4. The second kappa shape index (κ2) is 6.45. The van der Waals surface area contributed by atoms with Crippen LogP contribution in [0.1, 0.15) is 60.8 Å². The van der Waals surface area contributed by atoms with Crippen molar-refractivity contribution in [3.05, 3.63) is 0 Å². The van der Waals surface area contributed by atoms with Crippen LogP contribution in [0.3, 0.4) is 0 Å². The molecule has 80 valence electrons. The maximum atomic E-state index is 2.43. The second-order valence-corrected chi connectivity index (χ2v) is 5.26. The predicted octanol–water partition coefficient (Wildman–Crippen LogP) is 4.74. The van der Waals surface area contributed by atoms with Gasteiger partial charge in [-0.1, -0.05) is 60.8 Å². The fraction of sp³-hybridized carbons (Fsp3) is 1.00. The normalized spacial score (nSPS) is 16.6. The minimum atomic E-state index is 0.854. The van der Waals surface area contributed by atoms with Crippen LogP contribution >= 0.6 is 0 Å². The van der Waals surface area contributed by atoms with Crippen LogP contribution in [0.15, 0.2) is 0 Å². The van der Waals surface area contributed by atoms with Gasteiger partial charge in [0.05, 0.1) is 0 Å². The van der Waals surface area contributed by atoms with Gasteiger partial charge in [0.2, 0.25) is 0 Å². The minimum absolute atomic E-state index is 0.854. The van der Waals surface area contributed by atoms with E-state index in [0.717, 1.165) is 23.7 Å². The Morgan fingerprint density at radius 2 is 1.38 bits per heavy atom. The van der Waals surface area contributed by atoms with Crippen molar-refractivity contribution >= 4 is 0 Å². The molecule has 2 unspecified atom stereocenters. The van der Waals surface area contributed by atoms with E-state index in [4.69, 9.17) is 0 Å². The SMILES string of the molecule is CCC(C(C)C)C(C)CCC(C)C. The molecule has 0 saturated heterocycles. The monoisotopic (exact) mass is 184 g/mol. The smallest absolute Gasteiger partial charge is 0.0368 e. The fourth-order valence-corrected chi connectivity index (χ4v) is 2.34. The molecule has 0 aromatic heterocycles. The molecule has 0 aromatic carbocycles. The minimum Gasteiger partial charge on any atom is -0.0651 e. The number of hydrogen-bond acceptors (Lipinski definition) is 0. The standard InChI is InChI=1S/C13H28/c1-7-13(11(4)5)12(6)9-8-10(2)3/h10-13H,7-9H2,1-6H3. The Bertz CT molecular complexity index is 113. The summed E-state index contributed by atoms with van der Waals surface area (Å²) in [5, 5.41) is 0. The topological polar surface area (TPSA) is 0 Å². The van der Waals surface area contributed by atoms with Crippen molar-refractivity contribution in [3.63, 3.8) is 0 Å². The summed E-state index contributed by atoms with van der Waals surface area (Å²) in [5.74, 6) is 3.56. The van der Waals surface area contributed by atoms with Gasteiger partial charge in [-0.2, -0.15) is 0 Å². The van der Waals surface area contributed by atoms with E-state index in [1.165, 1.54) is 19.3 Å². The van der Waals surface area contributed by atoms with E-state index in [2.05, 4.69) is 41.5 Å². The van der Waals surface area contributed by atoms with Crippen molar-refractivity contribution in [3.8, 4) is 0 Å². The zero-order valence-electron chi connectivity index (χ0n) is 10.4. The van der Waals surface area contributed by atoms with E-state index < -0.39 is 0 Å². The molecule has 0 nitrogen and oxygen atoms in total. The zero-order valence-corrected chi connectivity index (χ0v) is 10.4. The summed E-state index contributed by atoms with van der Waals surface area (Å²) in [4.78, 5) is 0. The molecule has 0 radical (unpaired) electrons. The van der Waals surface area contributed by atoms with Crippen molar-refractivity contribution in [1.82, 2.24) is 0 Å². The van der Waals surface area contributed by atoms with Gasteiger partial charge in [0.1, 0.15) is 0 Å². The van der Waals surface area contributed by atoms with E-state index in [1.807, 2.05) is 0 Å². The van der Waals surface area contributed by atoms with Crippen molar-refractivity contribution < 1.29 is 0 Å². The summed E-state index contributed by atoms with van der Waals surface area (Å²) in [6, 6.07) is 0. The van der Waals surface area contributed by atoms with E-state index in [0.29, 0.717) is 0 Å². The molecule has 0 aliphatic rings. The van der Waals surface area contributed by atoms with Gasteiger partial charge in [0.15, 0.2) is 0 Å². The lowest BCUT2D eigenvalue weighted by Gasteiger charge is -2.26. The molecule has 0 aliphatic carbocycles. The third-order valence-electron chi connectivity index (χ3n) is 3.26. The van der Waals surface area contributed by atoms with Crippen LogP contribution in [0.2, 0.25) is 0 Å². The maximum absolute atomic E-state index is 2.43. The van der Waals surface area contributed by atoms with Gasteiger partial charge in [-0.05, 0) is 23.7 Å². The van der Waals surface area contributed by atoms with Crippen LogP contribution < -0.4 is 0 Å². The van der Waals surface area contributed by atoms with Gasteiger partial charge in [0, 0.05) is 0 Å². The molecule has 0 aliphatic heterocycles. The molecule has 2 atom stereocenters. The maximum Gasteiger partial charge on any atom is -0.0368 e. The third-order valence-corrected chi connectivity index (χ3v) is 3.26. The van der Waals surface area contributed by atoms with Gasteiger partial charge in [0.25, 0.3) is 0 Å². The molecule has 0 saturated carbocycles. The largest absolute Gasteiger partial charge is 0.0651 e. The van der Waals surface area contributed by atoms with Gasteiger partial charge >= 0.3 is 0 Å². The van der Waals surface area contributed by atoms with Crippen LogP contribution in [0.25, 0.3) is 0 Å². The van der Waals surface area contributed by atoms with Crippen LogP contribution in [-0.2, 0) is 0 Å². The van der Waals surface area contributed by atoms with E-state index in [9.17, 15) is 0 Å². The Morgan fingerprint density at radius 1 is 0.846 bits per heavy atom. The first kappa shape index (κ1) is 13.0. The van der Waals surface area contributed by atoms with Gasteiger partial charge in [-0.3, -0.25) is 0 Å². The first-order chi connectivity index (χ1) is 5.99. The number of hydrogen-bond donors (Lipinski definition) is 0. The Morgan fingerprint density at radius 3 is 1.69 bits per heavy atom. The van der Waals surface area contributed by atoms with Gasteiger partial charge in [-0.15, -0.1) is 0 Å². The summed E-state index contributed by atoms with van der Waals surface area (Å²) in [7, 11) is 0. The molecule has 0 rings (SSSR count). The second-order valence-electron chi connectivity index (χ2n) is 5.26. The molecule has 0 fully saturated rings. The van der Waals surface area contributed by atoms with Crippen LogP contribution in [0.5, 0.6) is 0 Å². The van der Waals surface area contributed by atoms with Crippen molar-refractivity contribution in [2.24, 2.45) is 23.7 Å². The summed E-state index contributed by atoms with van der Waals surface area (Å²) in [6.45, 7) is 14.1. The molecule has 0 N–H and O–H groups in total. The molecule has 0 heterocycles. The van der Waals surface area contributed by atoms with Crippen LogP contribution in [0, 0.1) is 23.7 Å². The highest BCUT2D eigenvalue weighted by atomic mass is 14.2. The fourth-order valence-electron chi connectivity index (χ4n) is 2.34. The van der Waals surface area contributed by atoms with Gasteiger partial charge in [-0.25, -0.2) is 0 Å². The Kier molecular flexibility index (Phi) is 6.45. The van der Waals surface area contributed by atoms with Crippen molar-refractivity contribution in [1.29, 1.82) is 0 Å². The van der Waals surface area contributed by atoms with Gasteiger partial charge < -0.3 is 0 Å². The Balaban J connectivity index is 3.84. The molecule has 0 amide bonds. The van der Waals surface area contributed by atoms with Crippen LogP contribution in [-0.4, -0.2) is 0 Å². The first-order valence-corrected chi connectivity index (χ1v) is 5.99. The Labute approximate surface area is 85.1 Å². The van der Waals surface area contributed by atoms with Crippen molar-refractivity contribution in [2.45, 2.75) is 60.8 Å². The average molecular weight is 184 g/mol.